The second-order valence-electron chi connectivity index (χ2n) is 14.5. The van der Waals surface area contributed by atoms with Crippen molar-refractivity contribution >= 4 is 64.1 Å². The molecule has 7 rings (SSSR count). The van der Waals surface area contributed by atoms with E-state index >= 15 is 0 Å². The van der Waals surface area contributed by atoms with E-state index in [9.17, 15) is 5.26 Å². The molecule has 0 spiro atoms. The Morgan fingerprint density at radius 3 is 1.36 bits per heavy atom. The van der Waals surface area contributed by atoms with Crippen LogP contribution in [0.2, 0.25) is 0 Å². The lowest BCUT2D eigenvalue weighted by atomic mass is 10.0. The second kappa shape index (κ2) is 20.8. The fraction of sp³-hybridized carbons (Fsp3) is 0.127. The van der Waals surface area contributed by atoms with Gasteiger partial charge in [-0.25, -0.2) is 4.85 Å². The Hall–Kier alpha value is -7.80. The SMILES string of the molecule is [C-]#[N+]c1cc(C=Cc2ccc(N(c3ccccc3)c3ccc(OCCCC)cc3)cc2)c(C#N)cc1C=Cc1ccc(N(c2ccccc2)c2ccc(OCCC)cc2)cc1. The zero-order valence-electron chi connectivity index (χ0n) is 34.6. The fourth-order valence-corrected chi connectivity index (χ4v) is 6.91. The normalized spacial score (nSPS) is 11.0. The first kappa shape index (κ1) is 41.4. The van der Waals surface area contributed by atoms with Crippen LogP contribution in [-0.4, -0.2) is 13.2 Å². The number of hydrogen-bond acceptors (Lipinski definition) is 5. The Kier molecular flexibility index (Phi) is 14.1. The van der Waals surface area contributed by atoms with E-state index in [2.05, 4.69) is 132 Å². The largest absolute Gasteiger partial charge is 0.494 e. The van der Waals surface area contributed by atoms with Gasteiger partial charge in [0.2, 0.25) is 0 Å². The fourth-order valence-electron chi connectivity index (χ4n) is 6.91. The second-order valence-corrected chi connectivity index (χ2v) is 14.5. The standard InChI is InChI=1S/C55H48N4O2/c1-4-6-38-61-54-35-31-52(32-36-54)59(48-15-11-8-12-16-48)49-25-19-42(20-26-49)17-23-44-40-55(57-3)45(39-46(44)41-56)24-18-43-21-27-50(28-22-43)58(47-13-9-7-10-14-47)51-29-33-53(34-30-51)60-37-5-2/h7-36,39-40H,4-6,37-38H2,1-2H3. The van der Waals surface area contributed by atoms with E-state index in [4.69, 9.17) is 16.0 Å². The van der Waals surface area contributed by atoms with Crippen molar-refractivity contribution in [2.45, 2.75) is 33.1 Å². The molecule has 300 valence electrons. The predicted molar refractivity (Wildman–Crippen MR) is 254 cm³/mol. The molecule has 0 fully saturated rings. The third-order valence-corrected chi connectivity index (χ3v) is 10.1. The highest BCUT2D eigenvalue weighted by molar-refractivity contribution is 5.84. The van der Waals surface area contributed by atoms with Gasteiger partial charge in [-0.15, -0.1) is 0 Å². The van der Waals surface area contributed by atoms with Gasteiger partial charge in [-0.2, -0.15) is 5.26 Å². The number of rotatable bonds is 17. The zero-order valence-corrected chi connectivity index (χ0v) is 34.6. The minimum Gasteiger partial charge on any atom is -0.494 e. The van der Waals surface area contributed by atoms with E-state index in [1.165, 1.54) is 0 Å². The van der Waals surface area contributed by atoms with Crippen LogP contribution in [0.5, 0.6) is 11.5 Å². The quantitative estimate of drug-likeness (QED) is 0.0522. The first-order chi connectivity index (χ1) is 30.1. The maximum atomic E-state index is 10.2. The molecule has 7 aromatic carbocycles. The summed E-state index contributed by atoms with van der Waals surface area (Å²) in [5.41, 5.74) is 10.5. The molecule has 0 heterocycles. The molecule has 0 radical (unpaired) electrons. The molecule has 0 aliphatic heterocycles. The minimum absolute atomic E-state index is 0.476. The summed E-state index contributed by atoms with van der Waals surface area (Å²) < 4.78 is 11.7. The summed E-state index contributed by atoms with van der Waals surface area (Å²) in [6.45, 7) is 13.6. The maximum Gasteiger partial charge on any atom is 0.194 e. The number of unbranched alkanes of at least 4 members (excludes halogenated alkanes) is 1. The van der Waals surface area contributed by atoms with E-state index < -0.39 is 0 Å². The molecule has 0 unspecified atom stereocenters. The summed E-state index contributed by atoms with van der Waals surface area (Å²) >= 11 is 0. The molecule has 61 heavy (non-hydrogen) atoms. The monoisotopic (exact) mass is 796 g/mol. The van der Waals surface area contributed by atoms with Crippen molar-refractivity contribution in [1.82, 2.24) is 0 Å². The first-order valence-electron chi connectivity index (χ1n) is 20.7. The first-order valence-corrected chi connectivity index (χ1v) is 20.7. The van der Waals surface area contributed by atoms with Gasteiger partial charge in [0.15, 0.2) is 5.69 Å². The van der Waals surface area contributed by atoms with Crippen molar-refractivity contribution in [1.29, 1.82) is 5.26 Å². The van der Waals surface area contributed by atoms with Crippen molar-refractivity contribution in [3.63, 3.8) is 0 Å². The summed E-state index contributed by atoms with van der Waals surface area (Å²) in [4.78, 5) is 8.26. The zero-order chi connectivity index (χ0) is 42.2. The van der Waals surface area contributed by atoms with Crippen LogP contribution >= 0.6 is 0 Å². The molecule has 0 aromatic heterocycles. The number of ether oxygens (including phenoxy) is 2. The number of anilines is 6. The maximum absolute atomic E-state index is 10.2. The van der Waals surface area contributed by atoms with Gasteiger partial charge in [-0.1, -0.05) is 105 Å². The smallest absolute Gasteiger partial charge is 0.194 e. The van der Waals surface area contributed by atoms with Gasteiger partial charge in [-0.05, 0) is 144 Å². The molecule has 0 N–H and O–H groups in total. The van der Waals surface area contributed by atoms with Crippen LogP contribution in [0.4, 0.5) is 39.8 Å². The van der Waals surface area contributed by atoms with Crippen molar-refractivity contribution in [2.24, 2.45) is 0 Å². The molecule has 6 heteroatoms. The van der Waals surface area contributed by atoms with Crippen LogP contribution in [0.1, 0.15) is 60.9 Å². The average molecular weight is 797 g/mol. The molecule has 0 amide bonds. The highest BCUT2D eigenvalue weighted by atomic mass is 16.5. The van der Waals surface area contributed by atoms with E-state index in [1.807, 2.05) is 85.0 Å². The summed E-state index contributed by atoms with van der Waals surface area (Å²) in [5, 5.41) is 10.2. The number of para-hydroxylation sites is 2. The summed E-state index contributed by atoms with van der Waals surface area (Å²) in [5.74, 6) is 1.71. The number of nitrogens with zero attached hydrogens (tertiary/aromatic N) is 4. The molecule has 0 bridgehead atoms. The van der Waals surface area contributed by atoms with Gasteiger partial charge in [0, 0.05) is 34.1 Å². The van der Waals surface area contributed by atoms with Crippen LogP contribution in [0.25, 0.3) is 29.1 Å². The van der Waals surface area contributed by atoms with Crippen LogP contribution in [-0.2, 0) is 0 Å². The Morgan fingerprint density at radius 2 is 0.934 bits per heavy atom. The number of hydrogen-bond donors (Lipinski definition) is 0. The lowest BCUT2D eigenvalue weighted by Gasteiger charge is -2.25. The van der Waals surface area contributed by atoms with E-state index in [-0.39, 0.29) is 0 Å². The molecular formula is C55H48N4O2. The summed E-state index contributed by atoms with van der Waals surface area (Å²) in [6.07, 6.45) is 10.9. The van der Waals surface area contributed by atoms with Crippen molar-refractivity contribution in [2.75, 3.05) is 23.0 Å². The van der Waals surface area contributed by atoms with Crippen LogP contribution in [0, 0.1) is 17.9 Å². The Bertz CT molecular complexity index is 2620. The molecule has 0 aliphatic carbocycles. The highest BCUT2D eigenvalue weighted by Crippen LogP contribution is 2.37. The van der Waals surface area contributed by atoms with Gasteiger partial charge in [-0.3, -0.25) is 0 Å². The molecule has 7 aromatic rings. The Labute approximate surface area is 360 Å². The van der Waals surface area contributed by atoms with Gasteiger partial charge >= 0.3 is 0 Å². The third-order valence-electron chi connectivity index (χ3n) is 10.1. The van der Waals surface area contributed by atoms with Gasteiger partial charge in [0.05, 0.1) is 31.4 Å². The van der Waals surface area contributed by atoms with Gasteiger partial charge in [0.25, 0.3) is 0 Å². The van der Waals surface area contributed by atoms with E-state index in [0.717, 1.165) is 76.0 Å². The van der Waals surface area contributed by atoms with Crippen LogP contribution in [0.15, 0.2) is 170 Å². The third kappa shape index (κ3) is 10.6. The topological polar surface area (TPSA) is 53.1 Å². The molecular weight excluding hydrogens is 749 g/mol. The Balaban J connectivity index is 1.08. The van der Waals surface area contributed by atoms with Crippen LogP contribution < -0.4 is 19.3 Å². The summed E-state index contributed by atoms with van der Waals surface area (Å²) in [7, 11) is 0. The van der Waals surface area contributed by atoms with E-state index in [0.29, 0.717) is 35.6 Å². The van der Waals surface area contributed by atoms with Gasteiger partial charge in [0.1, 0.15) is 11.5 Å². The van der Waals surface area contributed by atoms with Crippen molar-refractivity contribution < 1.29 is 9.47 Å². The minimum atomic E-state index is 0.476. The number of benzene rings is 7. The van der Waals surface area contributed by atoms with Crippen molar-refractivity contribution in [3.05, 3.63) is 209 Å². The molecule has 6 nitrogen and oxygen atoms in total. The molecule has 0 saturated carbocycles. The molecule has 0 aliphatic rings. The summed E-state index contributed by atoms with van der Waals surface area (Å²) in [6, 6.07) is 59.5. The van der Waals surface area contributed by atoms with Gasteiger partial charge < -0.3 is 19.3 Å². The highest BCUT2D eigenvalue weighted by Gasteiger charge is 2.14. The number of nitriles is 1. The molecule has 0 atom stereocenters. The van der Waals surface area contributed by atoms with E-state index in [1.54, 1.807) is 12.1 Å². The molecule has 0 saturated heterocycles. The predicted octanol–water partition coefficient (Wildman–Crippen LogP) is 15.4. The van der Waals surface area contributed by atoms with Crippen LogP contribution in [0.3, 0.4) is 0 Å². The lowest BCUT2D eigenvalue weighted by molar-refractivity contribution is 0.309. The van der Waals surface area contributed by atoms with Crippen molar-refractivity contribution in [3.8, 4) is 17.6 Å². The average Bonchev–Trinajstić information content (AvgIpc) is 3.32. The lowest BCUT2D eigenvalue weighted by Crippen LogP contribution is -2.09. The Morgan fingerprint density at radius 1 is 0.508 bits per heavy atom.